The molecule has 5 rings (SSSR count). The van der Waals surface area contributed by atoms with E-state index in [1.807, 2.05) is 10.4 Å². The first-order valence-corrected chi connectivity index (χ1v) is 11.0. The maximum absolute atomic E-state index is 13.0. The van der Waals surface area contributed by atoms with Crippen LogP contribution in [0.4, 0.5) is 9.18 Å². The largest absolute Gasteiger partial charge is 0.334 e. The lowest BCUT2D eigenvalue weighted by atomic mass is 10.2. The summed E-state index contributed by atoms with van der Waals surface area (Å²) in [4.78, 5) is 19.9. The van der Waals surface area contributed by atoms with Crippen molar-refractivity contribution in [1.29, 1.82) is 0 Å². The maximum atomic E-state index is 13.0. The number of urea groups is 1. The summed E-state index contributed by atoms with van der Waals surface area (Å²) < 4.78 is 16.5. The van der Waals surface area contributed by atoms with Crippen LogP contribution in [0.15, 0.2) is 64.0 Å². The zero-order chi connectivity index (χ0) is 19.8. The molecule has 2 aliphatic rings. The van der Waals surface area contributed by atoms with E-state index in [1.165, 1.54) is 32.9 Å². The number of fused-ring (bicyclic) bond motifs is 1. The lowest BCUT2D eigenvalue weighted by Crippen LogP contribution is -2.40. The van der Waals surface area contributed by atoms with Crippen molar-refractivity contribution < 1.29 is 9.18 Å². The molecule has 0 fully saturated rings. The van der Waals surface area contributed by atoms with Crippen molar-refractivity contribution in [2.24, 2.45) is 0 Å². The molecule has 8 heteroatoms. The normalized spacial score (nSPS) is 16.7. The Morgan fingerprint density at radius 3 is 2.62 bits per heavy atom. The summed E-state index contributed by atoms with van der Waals surface area (Å²) >= 11 is 3.43. The Morgan fingerprint density at radius 2 is 1.86 bits per heavy atom. The number of rotatable bonds is 4. The van der Waals surface area contributed by atoms with Gasteiger partial charge in [-0.05, 0) is 59.0 Å². The van der Waals surface area contributed by atoms with Crippen molar-refractivity contribution in [3.05, 3.63) is 70.5 Å². The summed E-state index contributed by atoms with van der Waals surface area (Å²) in [5.74, 6) is -0.269. The molecule has 0 bridgehead atoms. The van der Waals surface area contributed by atoms with Crippen molar-refractivity contribution in [2.45, 2.75) is 11.4 Å². The van der Waals surface area contributed by atoms with Gasteiger partial charge in [0.05, 0.1) is 15.7 Å². The van der Waals surface area contributed by atoms with Crippen LogP contribution in [-0.2, 0) is 6.54 Å². The molecule has 29 heavy (non-hydrogen) atoms. The maximum Gasteiger partial charge on any atom is 0.318 e. The number of halogens is 1. The van der Waals surface area contributed by atoms with Gasteiger partial charge >= 0.3 is 6.03 Å². The molecule has 2 aromatic carbocycles. The van der Waals surface area contributed by atoms with Crippen LogP contribution in [0.5, 0.6) is 0 Å². The molecule has 3 aromatic rings. The minimum atomic E-state index is -0.269. The van der Waals surface area contributed by atoms with Gasteiger partial charge in [0.15, 0.2) is 0 Å². The van der Waals surface area contributed by atoms with Crippen LogP contribution in [-0.4, -0.2) is 46.4 Å². The molecule has 2 amide bonds. The number of benzene rings is 2. The van der Waals surface area contributed by atoms with E-state index >= 15 is 0 Å². The monoisotopic (exact) mass is 426 g/mol. The number of carbonyl (C=O) groups excluding carboxylic acids is 1. The highest BCUT2D eigenvalue weighted by Gasteiger charge is 2.32. The standard InChI is InChI=1S/C21H19FN4OS2/c22-17-3-1-14(2-4-17)8-23-21(27)25-9-15-11-26(12-16(15)10-25)29-18-5-6-19-20(7-18)28-13-24-19/h1-7,13H,8-12H2,(H,23,27). The zero-order valence-electron chi connectivity index (χ0n) is 15.6. The molecule has 1 aromatic heterocycles. The smallest absolute Gasteiger partial charge is 0.318 e. The third kappa shape index (κ3) is 4.01. The van der Waals surface area contributed by atoms with Gasteiger partial charge in [0.25, 0.3) is 0 Å². The lowest BCUT2D eigenvalue weighted by molar-refractivity contribution is 0.208. The third-order valence-electron chi connectivity index (χ3n) is 5.18. The predicted molar refractivity (Wildman–Crippen MR) is 114 cm³/mol. The quantitative estimate of drug-likeness (QED) is 0.500. The second-order valence-electron chi connectivity index (χ2n) is 7.22. The average Bonchev–Trinajstić information content (AvgIpc) is 3.41. The van der Waals surface area contributed by atoms with Gasteiger partial charge in [-0.1, -0.05) is 12.1 Å². The Kier molecular flexibility index (Phi) is 4.99. The molecule has 0 radical (unpaired) electrons. The van der Waals surface area contributed by atoms with Gasteiger partial charge in [0, 0.05) is 37.6 Å². The molecule has 3 heterocycles. The zero-order valence-corrected chi connectivity index (χ0v) is 17.2. The second kappa shape index (κ2) is 7.78. The molecule has 148 valence electrons. The SMILES string of the molecule is O=C(NCc1ccc(F)cc1)N1CC2=C(CN(Sc3ccc4ncsc4c3)C2)C1. The Labute approximate surface area is 176 Å². The number of nitrogens with zero attached hydrogens (tertiary/aromatic N) is 3. The summed E-state index contributed by atoms with van der Waals surface area (Å²) in [7, 11) is 0. The van der Waals surface area contributed by atoms with Gasteiger partial charge in [-0.2, -0.15) is 0 Å². The van der Waals surface area contributed by atoms with E-state index in [1.54, 1.807) is 35.4 Å². The second-order valence-corrected chi connectivity index (χ2v) is 9.28. The Hall–Kier alpha value is -2.42. The fraction of sp³-hybridized carbons (Fsp3) is 0.238. The van der Waals surface area contributed by atoms with Crippen LogP contribution in [0, 0.1) is 5.82 Å². The van der Waals surface area contributed by atoms with Crippen molar-refractivity contribution in [1.82, 2.24) is 19.5 Å². The fourth-order valence-corrected chi connectivity index (χ4v) is 5.52. The summed E-state index contributed by atoms with van der Waals surface area (Å²) in [6, 6.07) is 12.5. The average molecular weight is 427 g/mol. The van der Waals surface area contributed by atoms with Crippen molar-refractivity contribution in [2.75, 3.05) is 26.2 Å². The van der Waals surface area contributed by atoms with Crippen LogP contribution in [0.1, 0.15) is 5.56 Å². The Balaban J connectivity index is 1.12. The topological polar surface area (TPSA) is 48.5 Å². The number of aromatic nitrogens is 1. The molecular formula is C21H19FN4OS2. The van der Waals surface area contributed by atoms with Gasteiger partial charge in [0.2, 0.25) is 0 Å². The molecule has 0 spiro atoms. The Morgan fingerprint density at radius 1 is 1.10 bits per heavy atom. The number of hydrogen-bond donors (Lipinski definition) is 1. The van der Waals surface area contributed by atoms with Gasteiger partial charge < -0.3 is 10.2 Å². The summed E-state index contributed by atoms with van der Waals surface area (Å²) in [6.45, 7) is 3.51. The van der Waals surface area contributed by atoms with Gasteiger partial charge in [0.1, 0.15) is 5.82 Å². The van der Waals surface area contributed by atoms with Crippen LogP contribution >= 0.6 is 23.3 Å². The van der Waals surface area contributed by atoms with E-state index in [0.717, 1.165) is 24.2 Å². The van der Waals surface area contributed by atoms with Gasteiger partial charge in [-0.25, -0.2) is 18.5 Å². The van der Waals surface area contributed by atoms with E-state index in [2.05, 4.69) is 32.8 Å². The molecular weight excluding hydrogens is 407 g/mol. The summed E-state index contributed by atoms with van der Waals surface area (Å²) in [6.07, 6.45) is 0. The van der Waals surface area contributed by atoms with Crippen molar-refractivity contribution in [3.63, 3.8) is 0 Å². The minimum absolute atomic E-state index is 0.0708. The molecule has 1 N–H and O–H groups in total. The first-order valence-electron chi connectivity index (χ1n) is 9.37. The van der Waals surface area contributed by atoms with E-state index in [4.69, 9.17) is 0 Å². The molecule has 2 aliphatic heterocycles. The molecule has 0 aliphatic carbocycles. The summed E-state index contributed by atoms with van der Waals surface area (Å²) in [5, 5.41) is 2.93. The van der Waals surface area contributed by atoms with Crippen LogP contribution < -0.4 is 5.32 Å². The van der Waals surface area contributed by atoms with E-state index in [0.29, 0.717) is 19.6 Å². The molecule has 0 atom stereocenters. The van der Waals surface area contributed by atoms with Gasteiger partial charge in [-0.3, -0.25) is 0 Å². The number of thiazole rings is 1. The van der Waals surface area contributed by atoms with E-state index in [-0.39, 0.29) is 11.8 Å². The molecule has 0 unspecified atom stereocenters. The van der Waals surface area contributed by atoms with Crippen molar-refractivity contribution >= 4 is 39.5 Å². The van der Waals surface area contributed by atoms with Crippen LogP contribution in [0.3, 0.4) is 0 Å². The third-order valence-corrected chi connectivity index (χ3v) is 6.95. The number of amides is 2. The molecule has 0 saturated heterocycles. The Bertz CT molecular complexity index is 1080. The number of carbonyl (C=O) groups is 1. The van der Waals surface area contributed by atoms with Crippen molar-refractivity contribution in [3.8, 4) is 0 Å². The highest BCUT2D eigenvalue weighted by atomic mass is 32.2. The van der Waals surface area contributed by atoms with Crippen LogP contribution in [0.2, 0.25) is 0 Å². The van der Waals surface area contributed by atoms with E-state index < -0.39 is 0 Å². The number of nitrogens with one attached hydrogen (secondary N) is 1. The first kappa shape index (κ1) is 18.6. The van der Waals surface area contributed by atoms with Gasteiger partial charge in [-0.15, -0.1) is 11.3 Å². The lowest BCUT2D eigenvalue weighted by Gasteiger charge is -2.22. The summed E-state index contributed by atoms with van der Waals surface area (Å²) in [5.41, 5.74) is 6.49. The molecule has 5 nitrogen and oxygen atoms in total. The fourth-order valence-electron chi connectivity index (χ4n) is 3.69. The van der Waals surface area contributed by atoms with E-state index in [9.17, 15) is 9.18 Å². The van der Waals surface area contributed by atoms with Crippen LogP contribution in [0.25, 0.3) is 10.2 Å². The minimum Gasteiger partial charge on any atom is -0.334 e. The predicted octanol–water partition coefficient (Wildman–Crippen LogP) is 4.28. The number of hydrogen-bond acceptors (Lipinski definition) is 5. The first-order chi connectivity index (χ1) is 14.1. The highest BCUT2D eigenvalue weighted by Crippen LogP contribution is 2.34. The molecule has 0 saturated carbocycles. The highest BCUT2D eigenvalue weighted by molar-refractivity contribution is 7.97.